The van der Waals surface area contributed by atoms with Gasteiger partial charge in [0.2, 0.25) is 0 Å². The molecule has 0 atom stereocenters. The van der Waals surface area contributed by atoms with Crippen LogP contribution in [0.3, 0.4) is 0 Å². The predicted molar refractivity (Wildman–Crippen MR) is 63.7 cm³/mol. The fourth-order valence-electron chi connectivity index (χ4n) is 1.59. The minimum atomic E-state index is 0.695. The van der Waals surface area contributed by atoms with E-state index >= 15 is 0 Å². The molecule has 0 bridgehead atoms. The molecular weight excluding hydrogens is 189 g/mol. The number of hydrogen-bond donors (Lipinski definition) is 1. The maximum absolute atomic E-state index is 5.00. The lowest BCUT2D eigenvalue weighted by Gasteiger charge is -2.08. The van der Waals surface area contributed by atoms with Gasteiger partial charge in [0, 0.05) is 32.2 Å². The third kappa shape index (κ3) is 2.13. The summed E-state index contributed by atoms with van der Waals surface area (Å²) in [4.78, 5) is 4.30. The molecule has 0 fully saturated rings. The first-order valence-electron chi connectivity index (χ1n) is 4.97. The summed E-state index contributed by atoms with van der Waals surface area (Å²) in [5.74, 6) is 0. The Kier molecular flexibility index (Phi) is 2.92. The molecule has 1 N–H and O–H groups in total. The summed E-state index contributed by atoms with van der Waals surface area (Å²) in [7, 11) is 3.77. The number of hydrogen-bond acceptors (Lipinski definition) is 3. The van der Waals surface area contributed by atoms with E-state index in [0.717, 1.165) is 17.9 Å². The van der Waals surface area contributed by atoms with Crippen molar-refractivity contribution >= 4 is 24.6 Å². The van der Waals surface area contributed by atoms with Gasteiger partial charge >= 0.3 is 0 Å². The highest BCUT2D eigenvalue weighted by Crippen LogP contribution is 2.12. The van der Waals surface area contributed by atoms with Gasteiger partial charge in [-0.25, -0.2) is 4.98 Å². The molecular formula is C10H14BN3O. The van der Waals surface area contributed by atoms with Crippen LogP contribution in [0.25, 0.3) is 5.65 Å². The molecule has 2 rings (SSSR count). The Balaban J connectivity index is 2.27. The van der Waals surface area contributed by atoms with Gasteiger partial charge in [-0.05, 0) is 6.07 Å². The normalized spacial score (nSPS) is 10.7. The average Bonchev–Trinajstić information content (AvgIpc) is 2.65. The maximum Gasteiger partial charge on any atom is 0.160 e. The molecule has 0 aliphatic heterocycles. The van der Waals surface area contributed by atoms with Crippen LogP contribution in [0.1, 0.15) is 0 Å². The summed E-state index contributed by atoms with van der Waals surface area (Å²) in [5, 5.41) is 3.31. The highest BCUT2D eigenvalue weighted by atomic mass is 16.5. The highest BCUT2D eigenvalue weighted by molar-refractivity contribution is 6.32. The second kappa shape index (κ2) is 4.36. The lowest BCUT2D eigenvalue weighted by atomic mass is 9.98. The number of pyridine rings is 1. The van der Waals surface area contributed by atoms with Gasteiger partial charge in [-0.3, -0.25) is 0 Å². The third-order valence-corrected chi connectivity index (χ3v) is 2.25. The Bertz CT molecular complexity index is 455. The van der Waals surface area contributed by atoms with Gasteiger partial charge in [-0.2, -0.15) is 0 Å². The molecule has 15 heavy (non-hydrogen) atoms. The molecule has 0 unspecified atom stereocenters. The molecule has 2 heterocycles. The zero-order valence-corrected chi connectivity index (χ0v) is 9.03. The smallest absolute Gasteiger partial charge is 0.160 e. The van der Waals surface area contributed by atoms with E-state index in [9.17, 15) is 0 Å². The van der Waals surface area contributed by atoms with Crippen LogP contribution in [0.15, 0.2) is 24.7 Å². The molecule has 0 aliphatic rings. The van der Waals surface area contributed by atoms with Gasteiger partial charge in [0.1, 0.15) is 7.85 Å². The van der Waals surface area contributed by atoms with Crippen molar-refractivity contribution in [1.82, 2.24) is 9.38 Å². The van der Waals surface area contributed by atoms with Crippen LogP contribution in [-0.4, -0.2) is 37.5 Å². The summed E-state index contributed by atoms with van der Waals surface area (Å²) < 4.78 is 7.02. The van der Waals surface area contributed by atoms with E-state index in [2.05, 4.69) is 30.4 Å². The standard InChI is InChI=1S/C10H14BN3O/c1-15-5-3-12-9-6-8(11)7-14-4-2-13-10(9)14/h2,4,6-7,12H,3,5,11H2,1H3. The summed E-state index contributed by atoms with van der Waals surface area (Å²) in [5.41, 5.74) is 3.22. The van der Waals surface area contributed by atoms with Gasteiger partial charge in [-0.1, -0.05) is 5.46 Å². The quantitative estimate of drug-likeness (QED) is 0.545. The fraction of sp³-hybridized carbons (Fsp3) is 0.300. The summed E-state index contributed by atoms with van der Waals surface area (Å²) in [6.45, 7) is 1.49. The van der Waals surface area contributed by atoms with Gasteiger partial charge in [0.15, 0.2) is 5.65 Å². The molecule has 5 heteroatoms. The van der Waals surface area contributed by atoms with Gasteiger partial charge in [0.05, 0.1) is 12.3 Å². The first-order chi connectivity index (χ1) is 7.31. The zero-order valence-electron chi connectivity index (χ0n) is 9.03. The van der Waals surface area contributed by atoms with E-state index < -0.39 is 0 Å². The Morgan fingerprint density at radius 1 is 1.60 bits per heavy atom. The Morgan fingerprint density at radius 2 is 2.47 bits per heavy atom. The number of aromatic nitrogens is 2. The molecule has 0 aromatic carbocycles. The Labute approximate surface area is 89.7 Å². The second-order valence-corrected chi connectivity index (χ2v) is 3.51. The lowest BCUT2D eigenvalue weighted by Crippen LogP contribution is -2.13. The van der Waals surface area contributed by atoms with Crippen molar-refractivity contribution in [1.29, 1.82) is 0 Å². The molecule has 2 aromatic heterocycles. The van der Waals surface area contributed by atoms with Crippen LogP contribution < -0.4 is 10.8 Å². The van der Waals surface area contributed by atoms with Crippen molar-refractivity contribution in [2.45, 2.75) is 0 Å². The number of nitrogens with one attached hydrogen (secondary N) is 1. The zero-order chi connectivity index (χ0) is 10.7. The predicted octanol–water partition coefficient (Wildman–Crippen LogP) is -0.349. The van der Waals surface area contributed by atoms with E-state index in [4.69, 9.17) is 4.74 Å². The number of rotatable bonds is 4. The van der Waals surface area contributed by atoms with E-state index in [-0.39, 0.29) is 0 Å². The van der Waals surface area contributed by atoms with Crippen molar-refractivity contribution in [3.63, 3.8) is 0 Å². The van der Waals surface area contributed by atoms with Crippen LogP contribution in [-0.2, 0) is 4.74 Å². The molecule has 2 aromatic rings. The van der Waals surface area contributed by atoms with Crippen molar-refractivity contribution < 1.29 is 4.74 Å². The topological polar surface area (TPSA) is 38.6 Å². The number of methoxy groups -OCH3 is 1. The molecule has 4 nitrogen and oxygen atoms in total. The fourth-order valence-corrected chi connectivity index (χ4v) is 1.59. The van der Waals surface area contributed by atoms with Crippen LogP contribution in [0.5, 0.6) is 0 Å². The second-order valence-electron chi connectivity index (χ2n) is 3.51. The first kappa shape index (κ1) is 10.0. The number of fused-ring (bicyclic) bond motifs is 1. The molecule has 0 saturated carbocycles. The minimum absolute atomic E-state index is 0.695. The lowest BCUT2D eigenvalue weighted by molar-refractivity contribution is 0.211. The largest absolute Gasteiger partial charge is 0.383 e. The van der Waals surface area contributed by atoms with Crippen LogP contribution in [0.4, 0.5) is 5.69 Å². The van der Waals surface area contributed by atoms with Gasteiger partial charge in [0.25, 0.3) is 0 Å². The van der Waals surface area contributed by atoms with Crippen molar-refractivity contribution in [2.24, 2.45) is 0 Å². The van der Waals surface area contributed by atoms with E-state index in [1.54, 1.807) is 13.3 Å². The van der Waals surface area contributed by atoms with Crippen molar-refractivity contribution in [3.8, 4) is 0 Å². The van der Waals surface area contributed by atoms with Crippen molar-refractivity contribution in [2.75, 3.05) is 25.6 Å². The number of ether oxygens (including phenoxy) is 1. The summed E-state index contributed by atoms with van der Waals surface area (Å²) in [6, 6.07) is 2.10. The monoisotopic (exact) mass is 203 g/mol. The van der Waals surface area contributed by atoms with E-state index in [1.807, 2.05) is 10.6 Å². The third-order valence-electron chi connectivity index (χ3n) is 2.25. The van der Waals surface area contributed by atoms with E-state index in [1.165, 1.54) is 5.46 Å². The molecule has 0 saturated heterocycles. The highest BCUT2D eigenvalue weighted by Gasteiger charge is 2.02. The van der Waals surface area contributed by atoms with Crippen molar-refractivity contribution in [3.05, 3.63) is 24.7 Å². The van der Waals surface area contributed by atoms with Crippen LogP contribution >= 0.6 is 0 Å². The molecule has 0 spiro atoms. The number of anilines is 1. The number of imidazole rings is 1. The number of nitrogens with zero attached hydrogens (tertiary/aromatic N) is 2. The van der Waals surface area contributed by atoms with E-state index in [0.29, 0.717) is 6.61 Å². The maximum atomic E-state index is 5.00. The summed E-state index contributed by atoms with van der Waals surface area (Å²) >= 11 is 0. The summed E-state index contributed by atoms with van der Waals surface area (Å²) in [6.07, 6.45) is 5.81. The molecule has 0 radical (unpaired) electrons. The van der Waals surface area contributed by atoms with Gasteiger partial charge in [-0.15, -0.1) is 0 Å². The van der Waals surface area contributed by atoms with Crippen LogP contribution in [0, 0.1) is 0 Å². The Morgan fingerprint density at radius 3 is 3.27 bits per heavy atom. The first-order valence-corrected chi connectivity index (χ1v) is 4.97. The molecule has 0 aliphatic carbocycles. The van der Waals surface area contributed by atoms with Crippen LogP contribution in [0.2, 0.25) is 0 Å². The SMILES string of the molecule is Bc1cc(NCCOC)c2nccn2c1. The minimum Gasteiger partial charge on any atom is -0.383 e. The Hall–Kier alpha value is -1.49. The molecule has 0 amide bonds. The molecule has 78 valence electrons. The van der Waals surface area contributed by atoms with Gasteiger partial charge < -0.3 is 14.5 Å². The average molecular weight is 203 g/mol.